The zero-order valence-corrected chi connectivity index (χ0v) is 71.0. The van der Waals surface area contributed by atoms with Crippen molar-refractivity contribution in [2.45, 2.75) is 98.1 Å². The van der Waals surface area contributed by atoms with Gasteiger partial charge in [0.1, 0.15) is 23.5 Å². The van der Waals surface area contributed by atoms with Gasteiger partial charge in [-0.2, -0.15) is 4.57 Å². The van der Waals surface area contributed by atoms with Gasteiger partial charge in [0.15, 0.2) is 29.2 Å². The van der Waals surface area contributed by atoms with Crippen molar-refractivity contribution < 1.29 is 85.2 Å². The fourth-order valence-corrected chi connectivity index (χ4v) is 14.0. The number of carbonyl (C=O) groups excluding carboxylic acids is 8. The number of amides is 8. The molecular formula is C93H95N8O17S3+. The second kappa shape index (κ2) is 43.2. The second-order valence-electron chi connectivity index (χ2n) is 28.3. The van der Waals surface area contributed by atoms with Crippen LogP contribution in [0.2, 0.25) is 0 Å². The molecular weight excluding hydrogens is 1600 g/mol. The van der Waals surface area contributed by atoms with Gasteiger partial charge in [0.25, 0.3) is 39.2 Å². The number of nitrogens with zero attached hydrogens (tertiary/aromatic N) is 8. The number of ether oxygens (including phenoxy) is 8. The number of aryl methyl sites for hydroxylation is 1. The number of furan rings is 1. The lowest BCUT2D eigenvalue weighted by Crippen LogP contribution is -2.36. The number of hydrogen-bond donors (Lipinski definition) is 0. The van der Waals surface area contributed by atoms with Crippen LogP contribution in [-0.2, 0) is 68.5 Å². The number of carbonyl (C=O) groups is 8. The lowest BCUT2D eigenvalue weighted by atomic mass is 10.1. The minimum atomic E-state index is -0.641. The van der Waals surface area contributed by atoms with E-state index in [1.54, 1.807) is 74.6 Å². The number of unbranched alkanes of at least 4 members (excludes halogenated alkanes) is 5. The van der Waals surface area contributed by atoms with Gasteiger partial charge in [0.2, 0.25) is 17.4 Å². The molecule has 1 atom stereocenters. The van der Waals surface area contributed by atoms with Crippen molar-refractivity contribution in [3.8, 4) is 5.75 Å². The molecule has 0 spiro atoms. The van der Waals surface area contributed by atoms with E-state index in [4.69, 9.17) is 79.0 Å². The first kappa shape index (κ1) is 88.9. The Balaban J connectivity index is 0.000000150. The van der Waals surface area contributed by atoms with Crippen LogP contribution in [0.1, 0.15) is 113 Å². The Morgan fingerprint density at radius 1 is 0.488 bits per heavy atom. The van der Waals surface area contributed by atoms with Crippen molar-refractivity contribution in [1.29, 1.82) is 0 Å². The molecule has 9 aromatic rings. The van der Waals surface area contributed by atoms with Crippen LogP contribution in [0.4, 0.5) is 32.3 Å². The number of hydrogen-bond acceptors (Lipinski definition) is 22. The van der Waals surface area contributed by atoms with E-state index in [-0.39, 0.29) is 63.0 Å². The minimum Gasteiger partial charge on any atom is -0.497 e. The topological polar surface area (TPSA) is 250 Å². The van der Waals surface area contributed by atoms with E-state index in [0.29, 0.717) is 44.4 Å². The molecule has 0 aliphatic carbocycles. The number of aromatic nitrogens is 1. The van der Waals surface area contributed by atoms with Crippen LogP contribution in [0.5, 0.6) is 5.75 Å². The normalized spacial score (nSPS) is 17.2. The van der Waals surface area contributed by atoms with Gasteiger partial charge < -0.3 is 52.1 Å². The predicted molar refractivity (Wildman–Crippen MR) is 474 cm³/mol. The Morgan fingerprint density at radius 3 is 1.53 bits per heavy atom. The van der Waals surface area contributed by atoms with Crippen molar-refractivity contribution in [2.24, 2.45) is 0 Å². The Morgan fingerprint density at radius 2 is 0.975 bits per heavy atom. The van der Waals surface area contributed by atoms with E-state index in [0.717, 1.165) is 132 Å². The third-order valence-corrected chi connectivity index (χ3v) is 20.5. The summed E-state index contributed by atoms with van der Waals surface area (Å²) in [5.74, 6) is -0.792. The molecule has 6 fully saturated rings. The molecule has 0 N–H and O–H groups in total. The van der Waals surface area contributed by atoms with Crippen molar-refractivity contribution in [2.75, 3.05) is 77.5 Å². The highest BCUT2D eigenvalue weighted by molar-refractivity contribution is 7.80. The highest BCUT2D eigenvalue weighted by Gasteiger charge is 2.41. The lowest BCUT2D eigenvalue weighted by Gasteiger charge is -2.25. The fraction of sp³-hybridized carbons (Fsp3) is 0.269. The quantitative estimate of drug-likeness (QED) is 0.0223. The molecule has 2 aromatic heterocycles. The molecule has 6 aliphatic rings. The molecule has 8 heterocycles. The van der Waals surface area contributed by atoms with Crippen molar-refractivity contribution >= 4 is 175 Å². The highest BCUT2D eigenvalue weighted by atomic mass is 32.1. The zero-order valence-electron chi connectivity index (χ0n) is 68.6. The monoisotopic (exact) mass is 1690 g/mol. The molecule has 0 saturated carbocycles. The van der Waals surface area contributed by atoms with Gasteiger partial charge in [-0.3, -0.25) is 38.6 Å². The Labute approximate surface area is 718 Å². The molecule has 28 heteroatoms. The summed E-state index contributed by atoms with van der Waals surface area (Å²) >= 11 is 15.1. The maximum Gasteiger partial charge on any atom is 0.422 e. The van der Waals surface area contributed by atoms with Crippen LogP contribution in [0.3, 0.4) is 0 Å². The summed E-state index contributed by atoms with van der Waals surface area (Å²) in [5.41, 5.74) is 9.91. The van der Waals surface area contributed by atoms with Gasteiger partial charge >= 0.3 is 18.1 Å². The highest BCUT2D eigenvalue weighted by Crippen LogP contribution is 2.36. The number of imide groups is 3. The molecule has 6 saturated heterocycles. The molecule has 7 aromatic carbocycles. The Kier molecular flexibility index (Phi) is 31.8. The van der Waals surface area contributed by atoms with Crippen LogP contribution in [-0.4, -0.2) is 161 Å². The first-order valence-electron chi connectivity index (χ1n) is 39.8. The number of anilines is 4. The molecule has 25 nitrogen and oxygen atoms in total. The average Bonchev–Trinajstić information content (AvgIpc) is 1.60. The standard InChI is InChI=1S/C27H24N2O4.C19H26N2O2S.C18H13NO4.C16H21N2O3S.C13H11NO4S/c30-26-25(33-27(31)28(26)19-24-12-7-17-32-24)18-20-13-15-23(16-14-20)29(21-8-3-1-4-9-21)22-10-5-2-6-11-22;1-4-5-6-7-8-13-21-18(22)17(23-19(21)24)14-15-9-11-16(12-10-15)20(2)3;1-2-19-17(20)16(23-18(19)21)10-11-7-8-15-13(9-11)12-5-3-4-6-14(12)22-15;1-3-4-8-17-9-6-5-7-13(17)12-14-15(19)18(10-11-20-2)16(22)21-14;1-8(15)14-12(16)11(18-13(14)19)7-9-3-5-10(17-2)6-4-9/h1-6,8-11,13-16,18,24H,7,12,17,19H2;9-12,14H,4-8,13H2,1-3H3;3-10H,2H2,1H3;5-7,9,12H,3-4,8,10-11H2,1-2H3;3-7H,1-2H3/q;;;+1;/b25-18+;17-14+;16-10+;14-12+;11-7+. The summed E-state index contributed by atoms with van der Waals surface area (Å²) in [5, 5.41) is 2.28. The zero-order chi connectivity index (χ0) is 86.1. The minimum absolute atomic E-state index is 0.0327. The van der Waals surface area contributed by atoms with Crippen LogP contribution >= 0.6 is 36.7 Å². The number of rotatable bonds is 25. The van der Waals surface area contributed by atoms with Crippen LogP contribution in [0.25, 0.3) is 52.3 Å². The van der Waals surface area contributed by atoms with Gasteiger partial charge in [0.05, 0.1) is 39.0 Å². The van der Waals surface area contributed by atoms with Gasteiger partial charge in [-0.15, -0.1) is 0 Å². The number of fused-ring (bicyclic) bond motifs is 3. The smallest absolute Gasteiger partial charge is 0.422 e. The molecule has 1 unspecified atom stereocenters. The number of methoxy groups -OCH3 is 2. The predicted octanol–water partition coefficient (Wildman–Crippen LogP) is 17.4. The number of pyridine rings is 1. The van der Waals surface area contributed by atoms with Gasteiger partial charge in [-0.25, -0.2) is 24.3 Å². The number of benzene rings is 7. The Bertz CT molecular complexity index is 5390. The number of thiocarbonyl (C=S) groups is 3. The molecule has 626 valence electrons. The lowest BCUT2D eigenvalue weighted by molar-refractivity contribution is -0.699. The van der Waals surface area contributed by atoms with Crippen molar-refractivity contribution in [3.63, 3.8) is 0 Å². The van der Waals surface area contributed by atoms with E-state index in [9.17, 15) is 38.4 Å². The number of likely N-dealkylation sites (N-methyl/N-ethyl adjacent to an activating group) is 1. The molecule has 0 radical (unpaired) electrons. The van der Waals surface area contributed by atoms with Crippen LogP contribution in [0.15, 0.2) is 234 Å². The van der Waals surface area contributed by atoms with Gasteiger partial charge in [-0.05, 0) is 194 Å². The first-order valence-corrected chi connectivity index (χ1v) is 41.0. The third kappa shape index (κ3) is 23.2. The van der Waals surface area contributed by atoms with E-state index < -0.39 is 35.8 Å². The van der Waals surface area contributed by atoms with E-state index in [2.05, 4.69) is 47.6 Å². The molecule has 15 rings (SSSR count). The summed E-state index contributed by atoms with van der Waals surface area (Å²) in [4.78, 5) is 107. The summed E-state index contributed by atoms with van der Waals surface area (Å²) in [7, 11) is 7.14. The van der Waals surface area contributed by atoms with Crippen molar-refractivity contribution in [3.05, 3.63) is 257 Å². The molecule has 8 amide bonds. The molecule has 6 aliphatic heterocycles. The Hall–Kier alpha value is -12.9. The van der Waals surface area contributed by atoms with Crippen LogP contribution in [0, 0.1) is 0 Å². The largest absolute Gasteiger partial charge is 0.497 e. The summed E-state index contributed by atoms with van der Waals surface area (Å²) in [6.07, 6.45) is 18.5. The maximum atomic E-state index is 12.7. The third-order valence-electron chi connectivity index (χ3n) is 19.6. The molecule has 0 bridgehead atoms. The molecule has 121 heavy (non-hydrogen) atoms. The van der Waals surface area contributed by atoms with Gasteiger partial charge in [0, 0.05) is 99.9 Å². The van der Waals surface area contributed by atoms with E-state index in [1.807, 2.05) is 171 Å². The first-order chi connectivity index (χ1) is 58.6. The SMILES string of the molecule is CCCCCCCN1C(=O)/C(=C\c2ccc(N(C)C)cc2)OC1=S.CCCC[n+]1ccccc1/C=C1/OC(=S)N(CCOC)C1=O.CCN1C(=O)O/C(=C/c2ccc3oc4ccccc4c3c2)C1=O.COc1ccc(/C=C2/OC(=S)N(C(C)=O)C2=O)cc1.O=C1O/C(=C/c2ccc(N(c3ccccc3)c3ccccc3)cc2)C(=O)N1CC1CCCO1. The summed E-state index contributed by atoms with van der Waals surface area (Å²) < 4.78 is 49.8. The van der Waals surface area contributed by atoms with E-state index >= 15 is 0 Å². The number of cyclic esters (lactones) is 2. The second-order valence-corrected chi connectivity index (χ2v) is 29.4. The maximum absolute atomic E-state index is 12.7. The van der Waals surface area contributed by atoms with Crippen LogP contribution < -0.4 is 19.1 Å². The fourth-order valence-electron chi connectivity index (χ4n) is 13.2. The van der Waals surface area contributed by atoms with E-state index in [1.165, 1.54) is 37.2 Å². The van der Waals surface area contributed by atoms with Crippen molar-refractivity contribution in [1.82, 2.24) is 24.5 Å². The van der Waals surface area contributed by atoms with Gasteiger partial charge in [-0.1, -0.05) is 143 Å². The average molecular weight is 1690 g/mol. The summed E-state index contributed by atoms with van der Waals surface area (Å²) in [6, 6.07) is 62.3. The summed E-state index contributed by atoms with van der Waals surface area (Å²) in [6.45, 7) is 10.9. The number of para-hydroxylation sites is 3.